The van der Waals surface area contributed by atoms with E-state index in [4.69, 9.17) is 35.0 Å². The van der Waals surface area contributed by atoms with Crippen molar-refractivity contribution in [1.82, 2.24) is 0 Å². The molecule has 0 aliphatic rings. The molecule has 0 heterocycles. The number of carbonyl (C=O) groups excluding carboxylic acids is 3. The third-order valence-corrected chi connectivity index (χ3v) is 0. The zero-order chi connectivity index (χ0) is 13.4. The first kappa shape index (κ1) is 23.7. The van der Waals surface area contributed by atoms with Crippen molar-refractivity contribution in [2.24, 2.45) is 0 Å². The Balaban J connectivity index is -0.0000000542. The van der Waals surface area contributed by atoms with E-state index in [1.54, 1.807) is 0 Å². The molecule has 0 aromatic carbocycles. The molecular weight excluding hydrogens is 319 g/mol. The predicted molar refractivity (Wildman–Crippen MR) is 41.5 cm³/mol. The number of hydrogen-bond acceptors (Lipinski definition) is 8. The number of rotatable bonds is 0. The molecule has 0 saturated carbocycles. The third-order valence-electron chi connectivity index (χ3n) is 0. The van der Waals surface area contributed by atoms with Gasteiger partial charge in [0.25, 0.3) is 0 Å². The molecule has 0 rings (SSSR count). The summed E-state index contributed by atoms with van der Waals surface area (Å²) >= 11 is 0.691. The van der Waals surface area contributed by atoms with Crippen LogP contribution in [0.15, 0.2) is 0 Å². The average Bonchev–Trinajstić information content (AvgIpc) is 1.81. The van der Waals surface area contributed by atoms with E-state index >= 15 is 0 Å². The third kappa shape index (κ3) is 2140. The summed E-state index contributed by atoms with van der Waals surface area (Å²) in [6.07, 6.45) is 0. The zero-order valence-electron chi connectivity index (χ0n) is 8.30. The Kier molecular flexibility index (Phi) is 36.7. The number of carboxylic acids is 3. The molecule has 1 N–H and O–H groups in total. The molecule has 15 heavy (non-hydrogen) atoms. The number of carbonyl (C=O) groups is 3. The van der Waals surface area contributed by atoms with Gasteiger partial charge in [-0.2, -0.15) is 0 Å². The van der Waals surface area contributed by atoms with Crippen LogP contribution < -0.4 is 15.3 Å². The fourth-order valence-electron chi connectivity index (χ4n) is 0. The molecule has 0 saturated heterocycles. The van der Waals surface area contributed by atoms with E-state index in [0.717, 1.165) is 20.8 Å². The summed E-state index contributed by atoms with van der Waals surface area (Å²) in [6, 6.07) is 0. The van der Waals surface area contributed by atoms with Crippen LogP contribution in [0.5, 0.6) is 0 Å². The maximum atomic E-state index is 8.89. The Bertz CT molecular complexity index is 128. The molecule has 9 heteroatoms. The zero-order valence-corrected chi connectivity index (χ0v) is 11.2. The summed E-state index contributed by atoms with van der Waals surface area (Å²) in [5.41, 5.74) is 0. The molecule has 0 radical (unpaired) electrons. The van der Waals surface area contributed by atoms with Gasteiger partial charge in [-0.1, -0.05) is 0 Å². The first-order valence-electron chi connectivity index (χ1n) is 3.11. The summed E-state index contributed by atoms with van der Waals surface area (Å²) in [4.78, 5) is 26.7. The van der Waals surface area contributed by atoms with Crippen molar-refractivity contribution in [3.8, 4) is 0 Å². The monoisotopic (exact) mass is 330 g/mol. The van der Waals surface area contributed by atoms with Gasteiger partial charge in [-0.3, -0.25) is 0 Å². The molecule has 0 aliphatic heterocycles. The van der Waals surface area contributed by atoms with E-state index in [-0.39, 0.29) is 0 Å². The van der Waals surface area contributed by atoms with Crippen molar-refractivity contribution in [1.29, 1.82) is 0 Å². The van der Waals surface area contributed by atoms with Crippen molar-refractivity contribution in [3.05, 3.63) is 0 Å². The van der Waals surface area contributed by atoms with E-state index in [1.165, 1.54) is 0 Å². The van der Waals surface area contributed by atoms with Gasteiger partial charge in [0.2, 0.25) is 0 Å². The van der Waals surface area contributed by atoms with Gasteiger partial charge < -0.3 is 29.7 Å². The number of carboxylic acid groups (broad SMARTS) is 3. The summed E-state index contributed by atoms with van der Waals surface area (Å²) in [5.74, 6) is -3.25. The van der Waals surface area contributed by atoms with Crippen LogP contribution in [0.1, 0.15) is 20.8 Å². The molecule has 0 aliphatic carbocycles. The molecule has 0 amide bonds. The fraction of sp³-hybridized carbons (Fsp3) is 0.500. The Morgan fingerprint density at radius 3 is 0.933 bits per heavy atom. The normalized spacial score (nSPS) is 6.27. The SMILES string of the molecule is CC(=O)[O-].CC(=O)[O-].CC(=O)[O-].O[O][Sn+3]. The minimum atomic E-state index is -1.08. The van der Waals surface area contributed by atoms with Crippen LogP contribution in [0.4, 0.5) is 0 Å². The van der Waals surface area contributed by atoms with Crippen LogP contribution in [-0.4, -0.2) is 46.1 Å². The second kappa shape index (κ2) is 23.2. The van der Waals surface area contributed by atoms with Crippen LogP contribution in [0, 0.1) is 0 Å². The molecule has 0 aromatic heterocycles. The summed E-state index contributed by atoms with van der Waals surface area (Å²) in [7, 11) is 0. The summed E-state index contributed by atoms with van der Waals surface area (Å²) in [5, 5.41) is 33.8. The van der Waals surface area contributed by atoms with Crippen molar-refractivity contribution in [2.75, 3.05) is 0 Å². The number of hydrogen-bond donors (Lipinski definition) is 1. The van der Waals surface area contributed by atoms with E-state index in [9.17, 15) is 0 Å². The van der Waals surface area contributed by atoms with E-state index in [1.807, 2.05) is 0 Å². The Morgan fingerprint density at radius 1 is 0.933 bits per heavy atom. The van der Waals surface area contributed by atoms with Gasteiger partial charge in [0.05, 0.1) is 0 Å². The standard InChI is InChI=1S/3C2H4O2.H2O2.Sn/c3*1-2(3)4;1-2;/h3*1H3,(H,3,4);1-2H;/q;;;;+4/p-4. The first-order chi connectivity index (χ1) is 6.61. The molecule has 0 atom stereocenters. The quantitative estimate of drug-likeness (QED) is 0.267. The second-order valence-electron chi connectivity index (χ2n) is 1.57. The van der Waals surface area contributed by atoms with Crippen LogP contribution >= 0.6 is 0 Å². The first-order valence-corrected chi connectivity index (χ1v) is 4.28. The van der Waals surface area contributed by atoms with Crippen LogP contribution in [0.25, 0.3) is 0 Å². The molecule has 8 nitrogen and oxygen atoms in total. The van der Waals surface area contributed by atoms with Crippen molar-refractivity contribution in [2.45, 2.75) is 20.8 Å². The van der Waals surface area contributed by atoms with E-state index < -0.39 is 17.9 Å². The van der Waals surface area contributed by atoms with Gasteiger partial charge in [0.15, 0.2) is 0 Å². The summed E-state index contributed by atoms with van der Waals surface area (Å²) < 4.78 is 3.34. The van der Waals surface area contributed by atoms with E-state index in [2.05, 4.69) is 3.22 Å². The average molecular weight is 329 g/mol. The van der Waals surface area contributed by atoms with Crippen molar-refractivity contribution >= 4 is 40.8 Å². The predicted octanol–water partition coefficient (Wildman–Crippen LogP) is -4.17. The van der Waals surface area contributed by atoms with Gasteiger partial charge in [-0.15, -0.1) is 0 Å². The topological polar surface area (TPSA) is 150 Å². The number of aliphatic carboxylic acids is 3. The molecule has 0 aromatic rings. The van der Waals surface area contributed by atoms with Gasteiger partial charge in [0, 0.05) is 17.9 Å². The van der Waals surface area contributed by atoms with Gasteiger partial charge >= 0.3 is 31.4 Å². The van der Waals surface area contributed by atoms with Gasteiger partial charge in [-0.05, 0) is 20.8 Å². The molecule has 0 unspecified atom stereocenters. The van der Waals surface area contributed by atoms with Crippen LogP contribution in [0.3, 0.4) is 0 Å². The molecule has 0 fully saturated rings. The Labute approximate surface area is 100 Å². The second-order valence-corrected chi connectivity index (χ2v) is 2.09. The van der Waals surface area contributed by atoms with Crippen LogP contribution in [-0.2, 0) is 17.6 Å². The molecular formula is C6H10O8Sn. The fourth-order valence-corrected chi connectivity index (χ4v) is 0. The molecule has 0 bridgehead atoms. The molecule has 0 spiro atoms. The van der Waals surface area contributed by atoms with Crippen molar-refractivity contribution in [3.63, 3.8) is 0 Å². The maximum absolute atomic E-state index is 8.89. The van der Waals surface area contributed by atoms with E-state index in [0.29, 0.717) is 22.9 Å². The van der Waals surface area contributed by atoms with Crippen LogP contribution in [0.2, 0.25) is 0 Å². The Hall–Kier alpha value is -0.871. The molecule has 86 valence electrons. The Morgan fingerprint density at radius 2 is 0.933 bits per heavy atom. The summed E-state index contributed by atoms with van der Waals surface area (Å²) in [6.45, 7) is 2.92. The minimum absolute atomic E-state index is 0.691. The van der Waals surface area contributed by atoms with Gasteiger partial charge in [-0.25, -0.2) is 0 Å². The van der Waals surface area contributed by atoms with Gasteiger partial charge in [0.1, 0.15) is 0 Å². The van der Waals surface area contributed by atoms with Crippen molar-refractivity contribution < 1.29 is 38.2 Å².